The zero-order valence-corrected chi connectivity index (χ0v) is 14.2. The second-order valence-electron chi connectivity index (χ2n) is 6.10. The number of furan rings is 1. The quantitative estimate of drug-likeness (QED) is 0.794. The van der Waals surface area contributed by atoms with Crippen molar-refractivity contribution in [2.45, 2.75) is 33.7 Å². The Morgan fingerprint density at radius 3 is 2.75 bits per heavy atom. The fourth-order valence-electron chi connectivity index (χ4n) is 2.92. The number of aryl methyl sites for hydroxylation is 3. The van der Waals surface area contributed by atoms with Crippen LogP contribution in [-0.4, -0.2) is 22.2 Å². The maximum Gasteiger partial charge on any atom is 0.287 e. The summed E-state index contributed by atoms with van der Waals surface area (Å²) >= 11 is 0. The lowest BCUT2D eigenvalue weighted by atomic mass is 10.1. The molecule has 1 aromatic carbocycles. The Morgan fingerprint density at radius 2 is 2.12 bits per heavy atom. The van der Waals surface area contributed by atoms with E-state index in [-0.39, 0.29) is 23.3 Å². The molecule has 0 radical (unpaired) electrons. The van der Waals surface area contributed by atoms with Gasteiger partial charge in [0.05, 0.1) is 11.7 Å². The van der Waals surface area contributed by atoms with Gasteiger partial charge in [0.2, 0.25) is 0 Å². The molecule has 24 heavy (non-hydrogen) atoms. The maximum atomic E-state index is 13.8. The van der Waals surface area contributed by atoms with E-state index in [1.807, 2.05) is 31.5 Å². The number of benzene rings is 1. The van der Waals surface area contributed by atoms with Crippen LogP contribution in [0, 0.1) is 26.6 Å². The Balaban J connectivity index is 1.77. The van der Waals surface area contributed by atoms with E-state index in [1.165, 1.54) is 6.07 Å². The number of hydrogen-bond donors (Lipinski definition) is 1. The van der Waals surface area contributed by atoms with Crippen LogP contribution in [0.1, 0.15) is 40.5 Å². The standard InChI is InChI=1S/C18H20FN3O2/c1-10-8-11(2)22(21-10)12(3)9-20-18(23)16-13(4)14-6-5-7-15(19)17(14)24-16/h5-8,12H,9H2,1-4H3,(H,20,23). The van der Waals surface area contributed by atoms with Crippen molar-refractivity contribution in [1.82, 2.24) is 15.1 Å². The molecule has 1 N–H and O–H groups in total. The number of fused-ring (bicyclic) bond motifs is 1. The molecule has 0 spiro atoms. The summed E-state index contributed by atoms with van der Waals surface area (Å²) in [5, 5.41) is 7.87. The molecule has 2 aromatic heterocycles. The minimum Gasteiger partial charge on any atom is -0.448 e. The summed E-state index contributed by atoms with van der Waals surface area (Å²) in [5.41, 5.74) is 2.73. The van der Waals surface area contributed by atoms with Crippen LogP contribution in [0.4, 0.5) is 4.39 Å². The van der Waals surface area contributed by atoms with Crippen LogP contribution in [0.5, 0.6) is 0 Å². The number of para-hydroxylation sites is 1. The zero-order chi connectivity index (χ0) is 17.4. The van der Waals surface area contributed by atoms with Gasteiger partial charge in [-0.3, -0.25) is 9.48 Å². The monoisotopic (exact) mass is 329 g/mol. The predicted octanol–water partition coefficient (Wildman–Crippen LogP) is 3.68. The molecule has 126 valence electrons. The van der Waals surface area contributed by atoms with Crippen LogP contribution >= 0.6 is 0 Å². The molecule has 0 aliphatic carbocycles. The lowest BCUT2D eigenvalue weighted by Crippen LogP contribution is -2.30. The van der Waals surface area contributed by atoms with Gasteiger partial charge in [0, 0.05) is 23.2 Å². The third kappa shape index (κ3) is 2.79. The van der Waals surface area contributed by atoms with Gasteiger partial charge in [0.1, 0.15) is 0 Å². The van der Waals surface area contributed by atoms with E-state index in [1.54, 1.807) is 19.1 Å². The van der Waals surface area contributed by atoms with Gasteiger partial charge >= 0.3 is 0 Å². The number of carbonyl (C=O) groups excluding carboxylic acids is 1. The fraction of sp³-hybridized carbons (Fsp3) is 0.333. The first-order valence-corrected chi connectivity index (χ1v) is 7.87. The van der Waals surface area contributed by atoms with Crippen molar-refractivity contribution in [2.75, 3.05) is 6.54 Å². The molecule has 5 nitrogen and oxygen atoms in total. The summed E-state index contributed by atoms with van der Waals surface area (Å²) < 4.78 is 21.1. The third-order valence-corrected chi connectivity index (χ3v) is 4.14. The number of halogens is 1. The van der Waals surface area contributed by atoms with E-state index < -0.39 is 5.82 Å². The summed E-state index contributed by atoms with van der Waals surface area (Å²) in [5.74, 6) is -0.669. The number of nitrogens with one attached hydrogen (secondary N) is 1. The van der Waals surface area contributed by atoms with Crippen LogP contribution < -0.4 is 5.32 Å². The van der Waals surface area contributed by atoms with Crippen molar-refractivity contribution in [3.63, 3.8) is 0 Å². The van der Waals surface area contributed by atoms with Gasteiger partial charge < -0.3 is 9.73 Å². The molecular formula is C18H20FN3O2. The minimum absolute atomic E-state index is 0.00377. The highest BCUT2D eigenvalue weighted by molar-refractivity contribution is 5.99. The topological polar surface area (TPSA) is 60.1 Å². The van der Waals surface area contributed by atoms with Crippen molar-refractivity contribution in [1.29, 1.82) is 0 Å². The SMILES string of the molecule is Cc1cc(C)n(C(C)CNC(=O)c2oc3c(F)cccc3c2C)n1. The average Bonchev–Trinajstić information content (AvgIpc) is 3.06. The Morgan fingerprint density at radius 1 is 1.38 bits per heavy atom. The molecule has 0 bridgehead atoms. The summed E-state index contributed by atoms with van der Waals surface area (Å²) in [6.07, 6.45) is 0. The number of carbonyl (C=O) groups is 1. The number of aromatic nitrogens is 2. The van der Waals surface area contributed by atoms with Crippen LogP contribution in [0.2, 0.25) is 0 Å². The van der Waals surface area contributed by atoms with E-state index in [9.17, 15) is 9.18 Å². The Hall–Kier alpha value is -2.63. The number of amides is 1. The van der Waals surface area contributed by atoms with E-state index in [0.29, 0.717) is 17.5 Å². The molecule has 3 rings (SSSR count). The van der Waals surface area contributed by atoms with Crippen molar-refractivity contribution in [3.05, 3.63) is 52.8 Å². The Bertz CT molecular complexity index is 911. The van der Waals surface area contributed by atoms with Gasteiger partial charge in [-0.15, -0.1) is 0 Å². The predicted molar refractivity (Wildman–Crippen MR) is 89.7 cm³/mol. The average molecular weight is 329 g/mol. The van der Waals surface area contributed by atoms with Crippen LogP contribution in [-0.2, 0) is 0 Å². The molecule has 3 aromatic rings. The third-order valence-electron chi connectivity index (χ3n) is 4.14. The van der Waals surface area contributed by atoms with E-state index in [4.69, 9.17) is 4.42 Å². The van der Waals surface area contributed by atoms with Gasteiger partial charge in [-0.1, -0.05) is 12.1 Å². The fourth-order valence-corrected chi connectivity index (χ4v) is 2.92. The molecule has 1 amide bonds. The molecule has 6 heteroatoms. The van der Waals surface area contributed by atoms with Crippen molar-refractivity contribution >= 4 is 16.9 Å². The Kier molecular flexibility index (Phi) is 4.13. The minimum atomic E-state index is -0.467. The van der Waals surface area contributed by atoms with E-state index in [0.717, 1.165) is 11.4 Å². The highest BCUT2D eigenvalue weighted by Gasteiger charge is 2.20. The normalized spacial score (nSPS) is 12.5. The summed E-state index contributed by atoms with van der Waals surface area (Å²) in [7, 11) is 0. The van der Waals surface area contributed by atoms with Gasteiger partial charge in [-0.2, -0.15) is 5.10 Å². The van der Waals surface area contributed by atoms with Gasteiger partial charge in [0.25, 0.3) is 5.91 Å². The second kappa shape index (κ2) is 6.11. The maximum absolute atomic E-state index is 13.8. The molecule has 0 aliphatic heterocycles. The molecule has 1 unspecified atom stereocenters. The van der Waals surface area contributed by atoms with Crippen LogP contribution in [0.25, 0.3) is 11.0 Å². The van der Waals surface area contributed by atoms with E-state index in [2.05, 4.69) is 10.4 Å². The lowest BCUT2D eigenvalue weighted by Gasteiger charge is -2.14. The number of rotatable bonds is 4. The zero-order valence-electron chi connectivity index (χ0n) is 14.2. The summed E-state index contributed by atoms with van der Waals surface area (Å²) in [6, 6.07) is 6.66. The highest BCUT2D eigenvalue weighted by Crippen LogP contribution is 2.27. The highest BCUT2D eigenvalue weighted by atomic mass is 19.1. The molecule has 0 saturated carbocycles. The van der Waals surface area contributed by atoms with Crippen LogP contribution in [0.15, 0.2) is 28.7 Å². The molecule has 2 heterocycles. The summed E-state index contributed by atoms with van der Waals surface area (Å²) in [6.45, 7) is 8.04. The van der Waals surface area contributed by atoms with Crippen molar-refractivity contribution < 1.29 is 13.6 Å². The van der Waals surface area contributed by atoms with Gasteiger partial charge in [-0.05, 0) is 39.8 Å². The first kappa shape index (κ1) is 16.2. The summed E-state index contributed by atoms with van der Waals surface area (Å²) in [4.78, 5) is 12.4. The largest absolute Gasteiger partial charge is 0.448 e. The number of hydrogen-bond acceptors (Lipinski definition) is 3. The van der Waals surface area contributed by atoms with E-state index >= 15 is 0 Å². The van der Waals surface area contributed by atoms with Crippen molar-refractivity contribution in [2.24, 2.45) is 0 Å². The number of nitrogens with zero attached hydrogens (tertiary/aromatic N) is 2. The van der Waals surface area contributed by atoms with Crippen molar-refractivity contribution in [3.8, 4) is 0 Å². The molecule has 0 fully saturated rings. The first-order chi connectivity index (χ1) is 11.4. The van der Waals surface area contributed by atoms with Crippen LogP contribution in [0.3, 0.4) is 0 Å². The molecular weight excluding hydrogens is 309 g/mol. The molecule has 0 aliphatic rings. The van der Waals surface area contributed by atoms with Gasteiger partial charge in [0.15, 0.2) is 17.2 Å². The first-order valence-electron chi connectivity index (χ1n) is 7.87. The Labute approximate surface area is 139 Å². The molecule has 0 saturated heterocycles. The molecule has 1 atom stereocenters. The smallest absolute Gasteiger partial charge is 0.287 e. The second-order valence-corrected chi connectivity index (χ2v) is 6.10. The lowest BCUT2D eigenvalue weighted by molar-refractivity contribution is 0.0921. The van der Waals surface area contributed by atoms with Gasteiger partial charge in [-0.25, -0.2) is 4.39 Å².